The third kappa shape index (κ3) is 7.86. The number of rotatable bonds is 11. The largest absolute Gasteiger partial charge is 0.155 e. The minimum Gasteiger partial charge on any atom is -0.155 e. The molecule has 2 aliphatic rings. The van der Waals surface area contributed by atoms with Crippen LogP contribution in [0.1, 0.15) is 124 Å². The Kier molecular flexibility index (Phi) is 10.3. The van der Waals surface area contributed by atoms with E-state index in [9.17, 15) is 0 Å². The third-order valence-electron chi connectivity index (χ3n) is 7.31. The van der Waals surface area contributed by atoms with Gasteiger partial charge in [0.15, 0.2) is 0 Å². The average molecular weight is 367 g/mol. The molecule has 0 aromatic heterocycles. The van der Waals surface area contributed by atoms with E-state index in [4.69, 9.17) is 0 Å². The molecule has 0 nitrogen and oxygen atoms in total. The molecule has 148 valence electrons. The molecule has 2 saturated carbocycles. The lowest BCUT2D eigenvalue weighted by atomic mass is 9.68. The van der Waals surface area contributed by atoms with Crippen molar-refractivity contribution in [2.45, 2.75) is 128 Å². The van der Waals surface area contributed by atoms with Crippen LogP contribution in [0.5, 0.6) is 0 Å². The third-order valence-corrected chi connectivity index (χ3v) is 8.91. The summed E-state index contributed by atoms with van der Waals surface area (Å²) in [6.45, 7) is 7.21. The summed E-state index contributed by atoms with van der Waals surface area (Å²) in [5.41, 5.74) is 0. The predicted molar refractivity (Wildman–Crippen MR) is 117 cm³/mol. The molecule has 2 aliphatic carbocycles. The first-order valence-corrected chi connectivity index (χ1v) is 12.8. The number of hydrogen-bond acceptors (Lipinski definition) is 1. The van der Waals surface area contributed by atoms with E-state index in [0.29, 0.717) is 4.75 Å². The highest BCUT2D eigenvalue weighted by molar-refractivity contribution is 8.00. The Morgan fingerprint density at radius 2 is 1.32 bits per heavy atom. The first kappa shape index (κ1) is 21.6. The Balaban J connectivity index is 1.60. The second-order valence-corrected chi connectivity index (χ2v) is 11.2. The Morgan fingerprint density at radius 1 is 0.720 bits per heavy atom. The van der Waals surface area contributed by atoms with Crippen LogP contribution in [0.4, 0.5) is 0 Å². The van der Waals surface area contributed by atoms with Gasteiger partial charge in [-0.1, -0.05) is 78.6 Å². The highest BCUT2D eigenvalue weighted by Gasteiger charge is 2.35. The summed E-state index contributed by atoms with van der Waals surface area (Å²) in [7, 11) is 0. The Labute approximate surface area is 163 Å². The van der Waals surface area contributed by atoms with E-state index in [0.717, 1.165) is 17.8 Å². The zero-order valence-electron chi connectivity index (χ0n) is 17.7. The highest BCUT2D eigenvalue weighted by atomic mass is 32.2. The van der Waals surface area contributed by atoms with Crippen LogP contribution in [-0.4, -0.2) is 10.5 Å². The average Bonchev–Trinajstić information content (AvgIpc) is 2.63. The second-order valence-electron chi connectivity index (χ2n) is 9.47. The summed E-state index contributed by atoms with van der Waals surface area (Å²) in [4.78, 5) is 0. The van der Waals surface area contributed by atoms with Crippen LogP contribution in [0.3, 0.4) is 0 Å². The first-order chi connectivity index (χ1) is 12.2. The minimum absolute atomic E-state index is 0.611. The van der Waals surface area contributed by atoms with E-state index in [1.165, 1.54) is 82.8 Å². The van der Waals surface area contributed by atoms with Gasteiger partial charge in [0.1, 0.15) is 0 Å². The summed E-state index contributed by atoms with van der Waals surface area (Å²) in [5.74, 6) is 4.64. The van der Waals surface area contributed by atoms with Crippen molar-refractivity contribution in [1.29, 1.82) is 0 Å². The molecule has 0 heterocycles. The van der Waals surface area contributed by atoms with Crippen LogP contribution >= 0.6 is 11.8 Å². The van der Waals surface area contributed by atoms with Gasteiger partial charge in [-0.3, -0.25) is 0 Å². The molecule has 0 atom stereocenters. The molecule has 0 aromatic rings. The second kappa shape index (κ2) is 11.9. The summed E-state index contributed by atoms with van der Waals surface area (Å²) >= 11 is 2.31. The zero-order valence-corrected chi connectivity index (χ0v) is 18.5. The summed E-state index contributed by atoms with van der Waals surface area (Å²) in [6.07, 6.45) is 23.8. The lowest BCUT2D eigenvalue weighted by Gasteiger charge is -2.42. The van der Waals surface area contributed by atoms with Gasteiger partial charge in [0.2, 0.25) is 0 Å². The van der Waals surface area contributed by atoms with E-state index >= 15 is 0 Å². The maximum atomic E-state index is 2.57. The summed E-state index contributed by atoms with van der Waals surface area (Å²) in [6, 6.07) is 0. The lowest BCUT2D eigenvalue weighted by Crippen LogP contribution is -2.32. The normalized spacial score (nSPS) is 33.5. The van der Waals surface area contributed by atoms with Crippen LogP contribution in [0.15, 0.2) is 0 Å². The van der Waals surface area contributed by atoms with Crippen molar-refractivity contribution in [3.05, 3.63) is 0 Å². The van der Waals surface area contributed by atoms with Crippen molar-refractivity contribution < 1.29 is 0 Å². The predicted octanol–water partition coefficient (Wildman–Crippen LogP) is 8.64. The van der Waals surface area contributed by atoms with Crippen molar-refractivity contribution in [1.82, 2.24) is 0 Å². The fourth-order valence-corrected chi connectivity index (χ4v) is 6.71. The van der Waals surface area contributed by atoms with Crippen molar-refractivity contribution in [2.75, 3.05) is 5.75 Å². The van der Waals surface area contributed by atoms with Crippen molar-refractivity contribution in [3.63, 3.8) is 0 Å². The fourth-order valence-electron chi connectivity index (χ4n) is 5.35. The van der Waals surface area contributed by atoms with E-state index < -0.39 is 0 Å². The molecule has 0 bridgehead atoms. The van der Waals surface area contributed by atoms with Gasteiger partial charge in [0, 0.05) is 4.75 Å². The molecule has 0 aliphatic heterocycles. The zero-order chi connectivity index (χ0) is 18.0. The van der Waals surface area contributed by atoms with Gasteiger partial charge in [-0.2, -0.15) is 11.8 Å². The van der Waals surface area contributed by atoms with Gasteiger partial charge in [0.05, 0.1) is 0 Å². The van der Waals surface area contributed by atoms with Gasteiger partial charge in [-0.15, -0.1) is 0 Å². The van der Waals surface area contributed by atoms with Gasteiger partial charge in [0.25, 0.3) is 0 Å². The molecule has 1 heteroatoms. The van der Waals surface area contributed by atoms with Crippen LogP contribution in [-0.2, 0) is 0 Å². The fraction of sp³-hybridized carbons (Fsp3) is 1.00. The molecule has 0 amide bonds. The van der Waals surface area contributed by atoms with Gasteiger partial charge in [-0.25, -0.2) is 0 Å². The number of unbranched alkanes of at least 4 members (excludes halogenated alkanes) is 5. The SMILES string of the molecule is CCCCCCSC1(C)CCC(C2CCC(CCCCC)CC2)CC1. The van der Waals surface area contributed by atoms with E-state index in [1.807, 2.05) is 0 Å². The number of hydrogen-bond donors (Lipinski definition) is 0. The quantitative estimate of drug-likeness (QED) is 0.330. The molecule has 2 fully saturated rings. The minimum atomic E-state index is 0.611. The molecular formula is C24H46S. The maximum absolute atomic E-state index is 2.57. The summed E-state index contributed by atoms with van der Waals surface area (Å²) < 4.78 is 0.611. The van der Waals surface area contributed by atoms with Gasteiger partial charge in [-0.05, 0) is 68.5 Å². The highest BCUT2D eigenvalue weighted by Crippen LogP contribution is 2.47. The summed E-state index contributed by atoms with van der Waals surface area (Å²) in [5, 5.41) is 0. The van der Waals surface area contributed by atoms with Crippen molar-refractivity contribution >= 4 is 11.8 Å². The molecule has 2 rings (SSSR count). The van der Waals surface area contributed by atoms with Crippen LogP contribution in [0.25, 0.3) is 0 Å². The molecule has 0 aromatic carbocycles. The van der Waals surface area contributed by atoms with Crippen LogP contribution in [0, 0.1) is 17.8 Å². The van der Waals surface area contributed by atoms with E-state index in [-0.39, 0.29) is 0 Å². The van der Waals surface area contributed by atoms with Crippen LogP contribution in [0.2, 0.25) is 0 Å². The monoisotopic (exact) mass is 366 g/mol. The standard InChI is InChI=1S/C24H46S/c1-4-6-8-10-20-25-24(3)18-16-23(17-19-24)22-14-12-21(13-15-22)11-9-7-5-2/h21-23H,4-20H2,1-3H3. The molecule has 0 radical (unpaired) electrons. The Morgan fingerprint density at radius 3 is 1.96 bits per heavy atom. The smallest absolute Gasteiger partial charge is 0.0132 e. The van der Waals surface area contributed by atoms with Crippen LogP contribution < -0.4 is 0 Å². The topological polar surface area (TPSA) is 0 Å². The molecule has 0 unspecified atom stereocenters. The maximum Gasteiger partial charge on any atom is 0.0132 e. The van der Waals surface area contributed by atoms with E-state index in [1.54, 1.807) is 25.7 Å². The Hall–Kier alpha value is 0.350. The first-order valence-electron chi connectivity index (χ1n) is 11.8. The van der Waals surface area contributed by atoms with E-state index in [2.05, 4.69) is 32.5 Å². The van der Waals surface area contributed by atoms with Gasteiger partial charge >= 0.3 is 0 Å². The van der Waals surface area contributed by atoms with Crippen molar-refractivity contribution in [3.8, 4) is 0 Å². The molecular weight excluding hydrogens is 320 g/mol. The molecule has 25 heavy (non-hydrogen) atoms. The molecule has 0 N–H and O–H groups in total. The molecule has 0 saturated heterocycles. The lowest BCUT2D eigenvalue weighted by molar-refractivity contribution is 0.153. The van der Waals surface area contributed by atoms with Crippen molar-refractivity contribution in [2.24, 2.45) is 17.8 Å². The molecule has 0 spiro atoms. The van der Waals surface area contributed by atoms with Gasteiger partial charge < -0.3 is 0 Å². The number of thioether (sulfide) groups is 1. The Bertz CT molecular complexity index is 321.